The second-order valence-corrected chi connectivity index (χ2v) is 34.8. The smallest absolute Gasteiger partial charge is 0.254 e. The van der Waals surface area contributed by atoms with Gasteiger partial charge in [0.2, 0.25) is 35.6 Å². The van der Waals surface area contributed by atoms with Crippen LogP contribution < -0.4 is 46.1 Å². The molecule has 32 nitrogen and oxygen atoms in total. The zero-order valence-electron chi connectivity index (χ0n) is 73.4. The molecule has 2 saturated heterocycles. The number of piperazine rings is 1. The number of ether oxygens (including phenoxy) is 4. The average molecular weight is 2010 g/mol. The number of methoxy groups -OCH3 is 1. The third-order valence-electron chi connectivity index (χ3n) is 21.3. The van der Waals surface area contributed by atoms with Crippen molar-refractivity contribution in [1.29, 1.82) is 0 Å². The lowest BCUT2D eigenvalue weighted by Crippen LogP contribution is -2.47. The molecule has 3 amide bonds. The largest absolute Gasteiger partial charge is 0.494 e. The molecule has 0 spiro atoms. The highest BCUT2D eigenvalue weighted by molar-refractivity contribution is 9.11. The molecule has 10 heterocycles. The number of nitrogens with zero attached hydrogens (tertiary/aromatic N) is 19. The number of fused-ring (bicyclic) bond motifs is 4. The molecule has 16 aromatic rings. The molecule has 0 radical (unpaired) electrons. The number of hydrogen-bond donors (Lipinski definition) is 6. The lowest BCUT2D eigenvalue weighted by Gasteiger charge is -2.33. The molecule has 8 aromatic heterocycles. The van der Waals surface area contributed by atoms with Crippen LogP contribution in [0.1, 0.15) is 48.3 Å². The molecular formula is C95H92Br3Cl2N25O7. The van der Waals surface area contributed by atoms with Gasteiger partial charge in [-0.25, -0.2) is 39.9 Å². The number of halogens is 5. The van der Waals surface area contributed by atoms with Gasteiger partial charge in [0, 0.05) is 240 Å². The molecule has 2 fully saturated rings. The number of benzene rings is 8. The molecular weight excluding hydrogens is 1910 g/mol. The predicted molar refractivity (Wildman–Crippen MR) is 526 cm³/mol. The first-order valence-electron chi connectivity index (χ1n) is 41.9. The zero-order chi connectivity index (χ0) is 92.6. The van der Waals surface area contributed by atoms with Crippen molar-refractivity contribution in [1.82, 2.24) is 104 Å². The first-order valence-corrected chi connectivity index (χ1v) is 45.0. The molecule has 0 saturated carbocycles. The number of morpholine rings is 1. The monoisotopic (exact) mass is 2000 g/mol. The molecule has 2 aliphatic rings. The van der Waals surface area contributed by atoms with Crippen molar-refractivity contribution < 1.29 is 33.3 Å². The minimum atomic E-state index is -0.105. The van der Waals surface area contributed by atoms with Gasteiger partial charge < -0.3 is 60.6 Å². The van der Waals surface area contributed by atoms with Gasteiger partial charge in [-0.3, -0.25) is 38.0 Å². The highest BCUT2D eigenvalue weighted by atomic mass is 79.9. The average Bonchev–Trinajstić information content (AvgIpc) is 1.67. The maximum absolute atomic E-state index is 13.4. The van der Waals surface area contributed by atoms with Crippen molar-refractivity contribution in [3.63, 3.8) is 0 Å². The van der Waals surface area contributed by atoms with E-state index < -0.39 is 0 Å². The predicted octanol–water partition coefficient (Wildman–Crippen LogP) is 17.5. The van der Waals surface area contributed by atoms with Crippen LogP contribution in [0.5, 0.6) is 17.2 Å². The number of aryl methyl sites for hydroxylation is 4. The number of terminal acetylenes is 1. The fourth-order valence-electron chi connectivity index (χ4n) is 14.7. The van der Waals surface area contributed by atoms with E-state index in [1.807, 2.05) is 172 Å². The second kappa shape index (κ2) is 43.0. The van der Waals surface area contributed by atoms with E-state index in [0.29, 0.717) is 118 Å². The van der Waals surface area contributed by atoms with E-state index in [1.165, 1.54) is 19.4 Å². The summed E-state index contributed by atoms with van der Waals surface area (Å²) in [4.78, 5) is 78.5. The Bertz CT molecular complexity index is 6950. The Kier molecular flexibility index (Phi) is 30.3. The second-order valence-electron chi connectivity index (χ2n) is 31.2. The number of aromatic nitrogens is 16. The Balaban J connectivity index is 0.000000135. The number of rotatable bonds is 24. The summed E-state index contributed by atoms with van der Waals surface area (Å²) in [6, 6.07) is 41.1. The van der Waals surface area contributed by atoms with E-state index in [2.05, 4.69) is 183 Å². The molecule has 132 heavy (non-hydrogen) atoms. The maximum Gasteiger partial charge on any atom is 0.254 e. The molecule has 2 aliphatic heterocycles. The summed E-state index contributed by atoms with van der Waals surface area (Å²) in [6.07, 6.45) is 27.5. The topological polar surface area (TPSA) is 344 Å². The number of carbonyl (C=O) groups is 3. The molecule has 674 valence electrons. The van der Waals surface area contributed by atoms with Crippen LogP contribution in [0, 0.1) is 12.3 Å². The van der Waals surface area contributed by atoms with Crippen LogP contribution in [-0.2, 0) is 42.5 Å². The van der Waals surface area contributed by atoms with Crippen LogP contribution in [0.4, 0.5) is 46.5 Å². The summed E-state index contributed by atoms with van der Waals surface area (Å²) in [7, 11) is 11.2. The molecule has 0 bridgehead atoms. The van der Waals surface area contributed by atoms with Crippen molar-refractivity contribution >= 4 is 179 Å². The van der Waals surface area contributed by atoms with Crippen LogP contribution in [0.15, 0.2) is 215 Å². The highest BCUT2D eigenvalue weighted by Crippen LogP contribution is 2.38. The van der Waals surface area contributed by atoms with Crippen molar-refractivity contribution in [2.45, 2.75) is 26.8 Å². The Labute approximate surface area is 796 Å². The van der Waals surface area contributed by atoms with Crippen molar-refractivity contribution in [2.75, 3.05) is 114 Å². The number of likely N-dealkylation sites (N-methyl/N-ethyl adjacent to an activating group) is 1. The van der Waals surface area contributed by atoms with Gasteiger partial charge >= 0.3 is 0 Å². The molecule has 37 heteroatoms. The van der Waals surface area contributed by atoms with Gasteiger partial charge in [0.1, 0.15) is 36.0 Å². The summed E-state index contributed by atoms with van der Waals surface area (Å²) in [5, 5.41) is 40.2. The summed E-state index contributed by atoms with van der Waals surface area (Å²) in [5.74, 6) is 6.08. The Morgan fingerprint density at radius 1 is 0.470 bits per heavy atom. The minimum Gasteiger partial charge on any atom is -0.494 e. The first kappa shape index (κ1) is 93.1. The Morgan fingerprint density at radius 3 is 1.39 bits per heavy atom. The molecule has 1 unspecified atom stereocenters. The van der Waals surface area contributed by atoms with E-state index in [9.17, 15) is 14.4 Å². The fraction of sp³-hybridized carbons (Fsp3) is 0.232. The van der Waals surface area contributed by atoms with Crippen LogP contribution in [0.25, 0.3) is 88.1 Å². The van der Waals surface area contributed by atoms with Crippen molar-refractivity contribution in [3.05, 3.63) is 242 Å². The Hall–Kier alpha value is -13.6. The summed E-state index contributed by atoms with van der Waals surface area (Å²) in [5.41, 5.74) is 16.2. The number of carbonyl (C=O) groups excluding carboxylic acids is 3. The van der Waals surface area contributed by atoms with Crippen molar-refractivity contribution in [2.24, 2.45) is 28.2 Å². The normalized spacial score (nSPS) is 12.9. The van der Waals surface area contributed by atoms with Gasteiger partial charge in [-0.05, 0) is 157 Å². The van der Waals surface area contributed by atoms with Crippen LogP contribution in [0.2, 0.25) is 10.0 Å². The van der Waals surface area contributed by atoms with E-state index in [1.54, 1.807) is 70.5 Å². The molecule has 1 atom stereocenters. The molecule has 0 aliphatic carbocycles. The van der Waals surface area contributed by atoms with Gasteiger partial charge in [-0.15, -0.1) is 6.42 Å². The molecule has 8 aromatic carbocycles. The van der Waals surface area contributed by atoms with E-state index in [-0.39, 0.29) is 23.8 Å². The van der Waals surface area contributed by atoms with Gasteiger partial charge in [-0.1, -0.05) is 76.9 Å². The molecule has 6 N–H and O–H groups in total. The van der Waals surface area contributed by atoms with E-state index in [4.69, 9.17) is 53.6 Å². The quantitative estimate of drug-likeness (QED) is 0.0242. The van der Waals surface area contributed by atoms with Crippen LogP contribution in [-0.4, -0.2) is 204 Å². The van der Waals surface area contributed by atoms with Crippen LogP contribution >= 0.6 is 71.0 Å². The zero-order valence-corrected chi connectivity index (χ0v) is 79.7. The third-order valence-corrected chi connectivity index (χ3v) is 23.2. The summed E-state index contributed by atoms with van der Waals surface area (Å²) in [6.45, 7) is 13.2. The highest BCUT2D eigenvalue weighted by Gasteiger charge is 2.25. The summed E-state index contributed by atoms with van der Waals surface area (Å²) >= 11 is 23.1. The number of hydrogen-bond acceptors (Lipinski definition) is 25. The SMILES string of the molecule is C#Cc1cc(Cl)c2nc(Nc3cc(OCCNC(C)=O)cc(-c4cnn(C)c4)c3)ncc2c1.CC(=O)NCCOc1cc(Nc2ncc3cc(Br)cc(Cl)c3n2)cc(-c2cnn(C)c2)c1.CC(c1cc(Nc2ncc3cc(Br)ccc3n2)cc(-c2cnn(C)c2)c1)N1CCOCC1.COc1cc(Br)cc2cnc(Nc3cc(C(=O)N4CCN(C)CC4)cc(-c4cnn(C)c4)c3)nc12. The van der Waals surface area contributed by atoms with E-state index >= 15 is 0 Å². The maximum atomic E-state index is 13.4. The number of amides is 3. The van der Waals surface area contributed by atoms with Gasteiger partial charge in [0.05, 0.1) is 84.8 Å². The fourth-order valence-corrected chi connectivity index (χ4v) is 16.6. The van der Waals surface area contributed by atoms with Crippen LogP contribution in [0.3, 0.4) is 0 Å². The lowest BCUT2D eigenvalue weighted by atomic mass is 9.99. The summed E-state index contributed by atoms with van der Waals surface area (Å²) < 4.78 is 32.6. The Morgan fingerprint density at radius 2 is 0.902 bits per heavy atom. The third kappa shape index (κ3) is 24.5. The van der Waals surface area contributed by atoms with Gasteiger partial charge in [0.25, 0.3) is 5.91 Å². The lowest BCUT2D eigenvalue weighted by molar-refractivity contribution is -0.119. The van der Waals surface area contributed by atoms with Gasteiger partial charge in [0.15, 0.2) is 0 Å². The number of nitrogens with one attached hydrogen (secondary N) is 6. The number of anilines is 8. The van der Waals surface area contributed by atoms with E-state index in [0.717, 1.165) is 147 Å². The minimum absolute atomic E-state index is 0.0119. The first-order chi connectivity index (χ1) is 63.7. The van der Waals surface area contributed by atoms with Gasteiger partial charge in [-0.2, -0.15) is 20.4 Å². The molecule has 18 rings (SSSR count). The van der Waals surface area contributed by atoms with Crippen molar-refractivity contribution in [3.8, 4) is 74.1 Å². The standard InChI is InChI=1S/C25H26BrN7O2.C24H25BrN6O.C24H21ClN6O2.C22H20BrClN6O2/c1-31-4-6-33(7-5-31)24(34)17-8-16(19-14-28-32(2)15-19)10-21(11-17)29-25-27-13-18-9-20(26)12-22(35-3)23(18)30-25;1-16(31-5-7-32-8-6-31)17-9-18(20-14-27-30(2)15-20)12-22(11-17)28-24-26-13-19-10-21(25)3-4-23(19)29-24;1-4-16-7-18-12-27-24(30-23(18)22(25)8-16)29-20-9-17(19-13-28-31(3)14-19)10-21(11-20)33-6-5-26-15(2)32;1-13(31)25-3-4-32-19-7-14(16-11-27-30(2)12-16)6-18(9-19)28-22-26-10-15-5-17(23)8-20(24)21(15)29-22/h8-15H,4-7H2,1-3H3,(H,27,29,30);3-4,9-16H,5-8H2,1-2H3,(H,26,28,29);1,7-14H,5-6H2,2-3H3,(H,26,32)(H,27,29,30);5-12H,3-4H2,1-2H3,(H,25,31)(H,26,28,29).